The molecule has 0 saturated carbocycles. The van der Waals surface area contributed by atoms with Gasteiger partial charge >= 0.3 is 0 Å². The fourth-order valence-electron chi connectivity index (χ4n) is 2.46. The van der Waals surface area contributed by atoms with E-state index in [0.29, 0.717) is 24.8 Å². The lowest BCUT2D eigenvalue weighted by molar-refractivity contribution is 0.0184. The maximum Gasteiger partial charge on any atom is 0.0707 e. The summed E-state index contributed by atoms with van der Waals surface area (Å²) in [5, 5.41) is 0. The zero-order valence-corrected chi connectivity index (χ0v) is 11.8. The molecule has 1 aliphatic rings. The molecule has 0 aromatic heterocycles. The van der Waals surface area contributed by atoms with Crippen LogP contribution in [0.15, 0.2) is 0 Å². The second-order valence-corrected chi connectivity index (χ2v) is 5.30. The molecule has 0 aromatic carbocycles. The number of rotatable bonds is 8. The summed E-state index contributed by atoms with van der Waals surface area (Å²) in [4.78, 5) is 2.59. The van der Waals surface area contributed by atoms with Crippen LogP contribution in [0.4, 0.5) is 0 Å². The summed E-state index contributed by atoms with van der Waals surface area (Å²) in [5.41, 5.74) is 5.65. The van der Waals surface area contributed by atoms with Crippen molar-refractivity contribution in [2.45, 2.75) is 71.1 Å². The van der Waals surface area contributed by atoms with Crippen molar-refractivity contribution in [3.8, 4) is 0 Å². The molecule has 0 radical (unpaired) electrons. The SMILES string of the molecule is CCCCN(CC1CCC(CN)O1)C(C)CC. The highest BCUT2D eigenvalue weighted by Crippen LogP contribution is 2.21. The van der Waals surface area contributed by atoms with Gasteiger partial charge in [-0.3, -0.25) is 4.90 Å². The molecule has 0 aromatic rings. The van der Waals surface area contributed by atoms with Crippen LogP contribution in [-0.4, -0.2) is 42.8 Å². The maximum absolute atomic E-state index is 5.95. The molecule has 2 N–H and O–H groups in total. The minimum Gasteiger partial charge on any atom is -0.372 e. The Morgan fingerprint density at radius 3 is 2.53 bits per heavy atom. The van der Waals surface area contributed by atoms with Crippen LogP contribution in [0.5, 0.6) is 0 Å². The molecular formula is C14H30N2O. The van der Waals surface area contributed by atoms with Gasteiger partial charge < -0.3 is 10.5 Å². The Bertz CT molecular complexity index is 199. The molecule has 3 atom stereocenters. The van der Waals surface area contributed by atoms with Gasteiger partial charge in [-0.1, -0.05) is 20.3 Å². The smallest absolute Gasteiger partial charge is 0.0707 e. The van der Waals surface area contributed by atoms with Crippen molar-refractivity contribution in [3.63, 3.8) is 0 Å². The average molecular weight is 242 g/mol. The van der Waals surface area contributed by atoms with Gasteiger partial charge in [0.2, 0.25) is 0 Å². The van der Waals surface area contributed by atoms with Gasteiger partial charge in [-0.25, -0.2) is 0 Å². The number of nitrogens with two attached hydrogens (primary N) is 1. The normalized spacial score (nSPS) is 26.6. The van der Waals surface area contributed by atoms with Crippen LogP contribution < -0.4 is 5.73 Å². The van der Waals surface area contributed by atoms with Crippen LogP contribution in [0.2, 0.25) is 0 Å². The number of nitrogens with zero attached hydrogens (tertiary/aromatic N) is 1. The molecule has 1 saturated heterocycles. The van der Waals surface area contributed by atoms with E-state index in [2.05, 4.69) is 25.7 Å². The molecule has 1 rings (SSSR count). The molecule has 3 unspecified atom stereocenters. The molecular weight excluding hydrogens is 212 g/mol. The van der Waals surface area contributed by atoms with Crippen LogP contribution in [-0.2, 0) is 4.74 Å². The van der Waals surface area contributed by atoms with E-state index in [4.69, 9.17) is 10.5 Å². The Labute approximate surface area is 107 Å². The van der Waals surface area contributed by atoms with E-state index in [1.54, 1.807) is 0 Å². The number of hydrogen-bond donors (Lipinski definition) is 1. The lowest BCUT2D eigenvalue weighted by atomic mass is 10.1. The zero-order valence-electron chi connectivity index (χ0n) is 11.8. The second kappa shape index (κ2) is 8.06. The van der Waals surface area contributed by atoms with Gasteiger partial charge in [-0.2, -0.15) is 0 Å². The molecule has 102 valence electrons. The molecule has 1 aliphatic heterocycles. The zero-order chi connectivity index (χ0) is 12.7. The van der Waals surface area contributed by atoms with Gasteiger partial charge in [0.15, 0.2) is 0 Å². The van der Waals surface area contributed by atoms with Gasteiger partial charge in [0, 0.05) is 19.1 Å². The third-order valence-corrected chi connectivity index (χ3v) is 3.91. The molecule has 0 spiro atoms. The largest absolute Gasteiger partial charge is 0.372 e. The monoisotopic (exact) mass is 242 g/mol. The highest BCUT2D eigenvalue weighted by molar-refractivity contribution is 4.78. The lowest BCUT2D eigenvalue weighted by Gasteiger charge is -2.30. The summed E-state index contributed by atoms with van der Waals surface area (Å²) in [7, 11) is 0. The van der Waals surface area contributed by atoms with E-state index in [9.17, 15) is 0 Å². The summed E-state index contributed by atoms with van der Waals surface area (Å²) in [6.45, 7) is 9.82. The van der Waals surface area contributed by atoms with Gasteiger partial charge in [0.25, 0.3) is 0 Å². The van der Waals surface area contributed by atoms with E-state index in [0.717, 1.165) is 13.0 Å². The summed E-state index contributed by atoms with van der Waals surface area (Å²) in [6.07, 6.45) is 6.82. The Hall–Kier alpha value is -0.120. The van der Waals surface area contributed by atoms with Crippen molar-refractivity contribution in [1.82, 2.24) is 4.90 Å². The first-order valence-corrected chi connectivity index (χ1v) is 7.30. The standard InChI is InChI=1S/C14H30N2O/c1-4-6-9-16(12(3)5-2)11-14-8-7-13(10-15)17-14/h12-14H,4-11,15H2,1-3H3. The van der Waals surface area contributed by atoms with Gasteiger partial charge in [0.05, 0.1) is 12.2 Å². The quantitative estimate of drug-likeness (QED) is 0.710. The first-order chi connectivity index (χ1) is 8.21. The first-order valence-electron chi connectivity index (χ1n) is 7.30. The van der Waals surface area contributed by atoms with E-state index >= 15 is 0 Å². The Morgan fingerprint density at radius 1 is 1.29 bits per heavy atom. The molecule has 3 heteroatoms. The van der Waals surface area contributed by atoms with Crippen molar-refractivity contribution in [2.75, 3.05) is 19.6 Å². The summed E-state index contributed by atoms with van der Waals surface area (Å²) in [5.74, 6) is 0. The second-order valence-electron chi connectivity index (χ2n) is 5.30. The predicted octanol–water partition coefficient (Wildman–Crippen LogP) is 2.39. The molecule has 0 aliphatic carbocycles. The first kappa shape index (κ1) is 14.9. The minimum atomic E-state index is 0.310. The molecule has 0 bridgehead atoms. The molecule has 1 heterocycles. The fourth-order valence-corrected chi connectivity index (χ4v) is 2.46. The van der Waals surface area contributed by atoms with Gasteiger partial charge in [0.1, 0.15) is 0 Å². The van der Waals surface area contributed by atoms with Crippen LogP contribution in [0.3, 0.4) is 0 Å². The highest BCUT2D eigenvalue weighted by atomic mass is 16.5. The van der Waals surface area contributed by atoms with Crippen LogP contribution >= 0.6 is 0 Å². The lowest BCUT2D eigenvalue weighted by Crippen LogP contribution is -2.39. The Morgan fingerprint density at radius 2 is 2.00 bits per heavy atom. The molecule has 0 amide bonds. The summed E-state index contributed by atoms with van der Waals surface area (Å²) in [6, 6.07) is 0.669. The van der Waals surface area contributed by atoms with E-state index in [1.165, 1.54) is 32.2 Å². The predicted molar refractivity (Wildman–Crippen MR) is 73.2 cm³/mol. The number of unbranched alkanes of at least 4 members (excludes halogenated alkanes) is 1. The molecule has 3 nitrogen and oxygen atoms in total. The fraction of sp³-hybridized carbons (Fsp3) is 1.00. The third kappa shape index (κ3) is 4.94. The van der Waals surface area contributed by atoms with Crippen molar-refractivity contribution in [3.05, 3.63) is 0 Å². The van der Waals surface area contributed by atoms with Crippen LogP contribution in [0.25, 0.3) is 0 Å². The number of hydrogen-bond acceptors (Lipinski definition) is 3. The van der Waals surface area contributed by atoms with Crippen molar-refractivity contribution in [1.29, 1.82) is 0 Å². The summed E-state index contributed by atoms with van der Waals surface area (Å²) >= 11 is 0. The van der Waals surface area contributed by atoms with Crippen LogP contribution in [0, 0.1) is 0 Å². The molecule has 1 fully saturated rings. The topological polar surface area (TPSA) is 38.5 Å². The van der Waals surface area contributed by atoms with Gasteiger partial charge in [-0.15, -0.1) is 0 Å². The third-order valence-electron chi connectivity index (χ3n) is 3.91. The minimum absolute atomic E-state index is 0.310. The van der Waals surface area contributed by atoms with Crippen molar-refractivity contribution >= 4 is 0 Å². The Kier molecular flexibility index (Phi) is 7.09. The maximum atomic E-state index is 5.95. The molecule has 17 heavy (non-hydrogen) atoms. The van der Waals surface area contributed by atoms with Crippen molar-refractivity contribution < 1.29 is 4.74 Å². The summed E-state index contributed by atoms with van der Waals surface area (Å²) < 4.78 is 5.95. The average Bonchev–Trinajstić information content (AvgIpc) is 2.81. The van der Waals surface area contributed by atoms with Crippen molar-refractivity contribution in [2.24, 2.45) is 5.73 Å². The number of ether oxygens (including phenoxy) is 1. The van der Waals surface area contributed by atoms with Crippen LogP contribution in [0.1, 0.15) is 52.9 Å². The Balaban J connectivity index is 2.37. The van der Waals surface area contributed by atoms with E-state index < -0.39 is 0 Å². The van der Waals surface area contributed by atoms with E-state index in [1.807, 2.05) is 0 Å². The van der Waals surface area contributed by atoms with Gasteiger partial charge in [-0.05, 0) is 39.2 Å². The van der Waals surface area contributed by atoms with E-state index in [-0.39, 0.29) is 0 Å². The highest BCUT2D eigenvalue weighted by Gasteiger charge is 2.26.